The minimum Gasteiger partial charge on any atom is -0.368 e. The van der Waals surface area contributed by atoms with Crippen molar-refractivity contribution in [3.63, 3.8) is 0 Å². The third kappa shape index (κ3) is 2.94. The van der Waals surface area contributed by atoms with E-state index >= 15 is 0 Å². The lowest BCUT2D eigenvalue weighted by Gasteiger charge is -2.25. The average Bonchev–Trinajstić information content (AvgIpc) is 3.11. The first-order chi connectivity index (χ1) is 10.1. The van der Waals surface area contributed by atoms with Crippen LogP contribution >= 0.6 is 0 Å². The molecular formula is C13H20N8. The number of aromatic nitrogens is 5. The van der Waals surface area contributed by atoms with Gasteiger partial charge in [0.15, 0.2) is 0 Å². The number of likely N-dealkylation sites (tertiary alicyclic amines) is 1. The summed E-state index contributed by atoms with van der Waals surface area (Å²) < 4.78 is 1.72. The van der Waals surface area contributed by atoms with E-state index < -0.39 is 0 Å². The van der Waals surface area contributed by atoms with E-state index in [0.717, 1.165) is 13.1 Å². The molecule has 0 aromatic carbocycles. The Morgan fingerprint density at radius 2 is 2.24 bits per heavy atom. The highest BCUT2D eigenvalue weighted by Gasteiger charge is 2.23. The third-order valence-corrected chi connectivity index (χ3v) is 3.86. The fourth-order valence-corrected chi connectivity index (χ4v) is 2.64. The van der Waals surface area contributed by atoms with Crippen molar-refractivity contribution < 1.29 is 0 Å². The second kappa shape index (κ2) is 5.65. The topological polar surface area (TPSA) is 89.0 Å². The zero-order valence-corrected chi connectivity index (χ0v) is 12.3. The first-order valence-electron chi connectivity index (χ1n) is 7.05. The van der Waals surface area contributed by atoms with E-state index in [4.69, 9.17) is 5.73 Å². The van der Waals surface area contributed by atoms with Crippen LogP contribution in [0.1, 0.15) is 12.8 Å². The van der Waals surface area contributed by atoms with Crippen LogP contribution in [-0.4, -0.2) is 62.6 Å². The summed E-state index contributed by atoms with van der Waals surface area (Å²) in [4.78, 5) is 21.3. The lowest BCUT2D eigenvalue weighted by molar-refractivity contribution is 0.313. The van der Waals surface area contributed by atoms with E-state index in [1.54, 1.807) is 23.3 Å². The molecule has 0 amide bonds. The van der Waals surface area contributed by atoms with Gasteiger partial charge in [0.05, 0.1) is 0 Å². The smallest absolute Gasteiger partial charge is 0.241 e. The Morgan fingerprint density at radius 1 is 1.38 bits per heavy atom. The van der Waals surface area contributed by atoms with Crippen molar-refractivity contribution in [3.05, 3.63) is 18.7 Å². The molecule has 0 spiro atoms. The molecule has 2 aromatic heterocycles. The summed E-state index contributed by atoms with van der Waals surface area (Å²) in [5.41, 5.74) is 5.81. The van der Waals surface area contributed by atoms with E-state index in [-0.39, 0.29) is 5.95 Å². The van der Waals surface area contributed by atoms with Crippen molar-refractivity contribution in [1.29, 1.82) is 0 Å². The number of nitrogens with two attached hydrogens (primary N) is 1. The lowest BCUT2D eigenvalue weighted by atomic mass is 10.2. The van der Waals surface area contributed by atoms with Crippen LogP contribution in [-0.2, 0) is 0 Å². The van der Waals surface area contributed by atoms with Crippen molar-refractivity contribution in [2.75, 3.05) is 37.8 Å². The van der Waals surface area contributed by atoms with Crippen molar-refractivity contribution in [2.45, 2.75) is 18.9 Å². The molecule has 1 atom stereocenters. The molecule has 3 heterocycles. The maximum atomic E-state index is 5.81. The summed E-state index contributed by atoms with van der Waals surface area (Å²) >= 11 is 0. The Kier molecular flexibility index (Phi) is 3.70. The molecule has 1 aliphatic heterocycles. The standard InChI is InChI=1S/C13H20N8/c1-19-6-3-4-10(19)8-20(2)12-16-11(14)17-13(18-12)21-7-5-15-9-21/h5,7,9-10H,3-4,6,8H2,1-2H3,(H2,14,16,17,18). The van der Waals surface area contributed by atoms with Gasteiger partial charge in [-0.25, -0.2) is 4.98 Å². The Morgan fingerprint density at radius 3 is 2.90 bits per heavy atom. The number of likely N-dealkylation sites (N-methyl/N-ethyl adjacent to an activating group) is 2. The van der Waals surface area contributed by atoms with E-state index in [1.807, 2.05) is 11.9 Å². The predicted molar refractivity (Wildman–Crippen MR) is 80.3 cm³/mol. The van der Waals surface area contributed by atoms with Crippen LogP contribution in [0.15, 0.2) is 18.7 Å². The maximum Gasteiger partial charge on any atom is 0.241 e. The molecule has 1 fully saturated rings. The molecule has 8 heteroatoms. The van der Waals surface area contributed by atoms with Crippen LogP contribution in [0.5, 0.6) is 0 Å². The summed E-state index contributed by atoms with van der Waals surface area (Å²) in [6.45, 7) is 2.03. The van der Waals surface area contributed by atoms with Crippen molar-refractivity contribution in [3.8, 4) is 5.95 Å². The van der Waals surface area contributed by atoms with Crippen LogP contribution in [0.3, 0.4) is 0 Å². The Hall–Kier alpha value is -2.22. The summed E-state index contributed by atoms with van der Waals surface area (Å²) in [6.07, 6.45) is 7.55. The first-order valence-corrected chi connectivity index (χ1v) is 7.05. The van der Waals surface area contributed by atoms with E-state index in [9.17, 15) is 0 Å². The SMILES string of the molecule is CN(CC1CCCN1C)c1nc(N)nc(-n2ccnc2)n1. The highest BCUT2D eigenvalue weighted by molar-refractivity contribution is 5.37. The van der Waals surface area contributed by atoms with Gasteiger partial charge < -0.3 is 15.5 Å². The number of anilines is 2. The molecule has 0 saturated carbocycles. The Bertz CT molecular complexity index is 596. The molecule has 0 radical (unpaired) electrons. The Balaban J connectivity index is 1.81. The number of rotatable bonds is 4. The molecular weight excluding hydrogens is 268 g/mol. The lowest BCUT2D eigenvalue weighted by Crippen LogP contribution is -2.37. The second-order valence-corrected chi connectivity index (χ2v) is 5.42. The zero-order valence-electron chi connectivity index (χ0n) is 12.3. The third-order valence-electron chi connectivity index (χ3n) is 3.86. The van der Waals surface area contributed by atoms with E-state index in [2.05, 4.69) is 31.9 Å². The molecule has 112 valence electrons. The van der Waals surface area contributed by atoms with Gasteiger partial charge in [-0.05, 0) is 26.4 Å². The number of hydrogen-bond acceptors (Lipinski definition) is 7. The summed E-state index contributed by atoms with van der Waals surface area (Å²) in [6, 6.07) is 0.532. The quantitative estimate of drug-likeness (QED) is 0.857. The molecule has 0 aliphatic carbocycles. The fourth-order valence-electron chi connectivity index (χ4n) is 2.64. The molecule has 2 aromatic rings. The fraction of sp³-hybridized carbons (Fsp3) is 0.538. The van der Waals surface area contributed by atoms with Gasteiger partial charge in [0, 0.05) is 32.0 Å². The van der Waals surface area contributed by atoms with Crippen LogP contribution in [0, 0.1) is 0 Å². The van der Waals surface area contributed by atoms with Crippen molar-refractivity contribution in [1.82, 2.24) is 29.4 Å². The summed E-state index contributed by atoms with van der Waals surface area (Å²) in [5, 5.41) is 0. The van der Waals surface area contributed by atoms with Crippen LogP contribution in [0.25, 0.3) is 5.95 Å². The molecule has 0 bridgehead atoms. The molecule has 1 saturated heterocycles. The number of nitrogen functional groups attached to an aromatic ring is 1. The van der Waals surface area contributed by atoms with Crippen molar-refractivity contribution in [2.24, 2.45) is 0 Å². The van der Waals surface area contributed by atoms with Gasteiger partial charge in [0.25, 0.3) is 0 Å². The maximum absolute atomic E-state index is 5.81. The van der Waals surface area contributed by atoms with Crippen molar-refractivity contribution >= 4 is 11.9 Å². The van der Waals surface area contributed by atoms with Crippen LogP contribution in [0.4, 0.5) is 11.9 Å². The molecule has 21 heavy (non-hydrogen) atoms. The van der Waals surface area contributed by atoms with E-state index in [1.165, 1.54) is 12.8 Å². The van der Waals surface area contributed by atoms with E-state index in [0.29, 0.717) is 17.9 Å². The minimum atomic E-state index is 0.218. The minimum absolute atomic E-state index is 0.218. The summed E-state index contributed by atoms with van der Waals surface area (Å²) in [5.74, 6) is 1.29. The van der Waals surface area contributed by atoms with Gasteiger partial charge in [-0.2, -0.15) is 15.0 Å². The Labute approximate surface area is 123 Å². The van der Waals surface area contributed by atoms with Gasteiger partial charge >= 0.3 is 0 Å². The van der Waals surface area contributed by atoms with Gasteiger partial charge in [-0.1, -0.05) is 0 Å². The normalized spacial score (nSPS) is 19.0. The van der Waals surface area contributed by atoms with Crippen LogP contribution in [0.2, 0.25) is 0 Å². The molecule has 2 N–H and O–H groups in total. The largest absolute Gasteiger partial charge is 0.368 e. The number of hydrogen-bond donors (Lipinski definition) is 1. The molecule has 1 unspecified atom stereocenters. The predicted octanol–water partition coefficient (Wildman–Crippen LogP) is 0.170. The highest BCUT2D eigenvalue weighted by Crippen LogP contribution is 2.18. The monoisotopic (exact) mass is 288 g/mol. The average molecular weight is 288 g/mol. The van der Waals surface area contributed by atoms with Gasteiger partial charge in [-0.3, -0.25) is 4.57 Å². The number of imidazole rings is 1. The molecule has 8 nitrogen and oxygen atoms in total. The summed E-state index contributed by atoms with van der Waals surface area (Å²) in [7, 11) is 4.14. The molecule has 1 aliphatic rings. The van der Waals surface area contributed by atoms with Gasteiger partial charge in [0.1, 0.15) is 6.33 Å². The van der Waals surface area contributed by atoms with Gasteiger partial charge in [-0.15, -0.1) is 0 Å². The first kappa shape index (κ1) is 13.7. The molecule has 3 rings (SSSR count). The van der Waals surface area contributed by atoms with Gasteiger partial charge in [0.2, 0.25) is 17.8 Å². The second-order valence-electron chi connectivity index (χ2n) is 5.42. The highest BCUT2D eigenvalue weighted by atomic mass is 15.3. The van der Waals surface area contributed by atoms with Crippen LogP contribution < -0.4 is 10.6 Å². The number of nitrogens with zero attached hydrogens (tertiary/aromatic N) is 7. The zero-order chi connectivity index (χ0) is 14.8.